The number of nitrogens with zero attached hydrogens (tertiary/aromatic N) is 1. The molecule has 0 fully saturated rings. The van der Waals surface area contributed by atoms with Crippen molar-refractivity contribution in [3.8, 4) is 5.75 Å². The van der Waals surface area contributed by atoms with Gasteiger partial charge in [-0.1, -0.05) is 18.7 Å². The molecule has 3 N–H and O–H groups in total. The van der Waals surface area contributed by atoms with E-state index in [9.17, 15) is 23.9 Å². The third kappa shape index (κ3) is 3.05. The van der Waals surface area contributed by atoms with E-state index in [0.717, 1.165) is 6.07 Å². The van der Waals surface area contributed by atoms with Gasteiger partial charge in [-0.2, -0.15) is 0 Å². The van der Waals surface area contributed by atoms with Crippen LogP contribution in [0.2, 0.25) is 0 Å². The van der Waals surface area contributed by atoms with Gasteiger partial charge in [0.25, 0.3) is 11.5 Å². The van der Waals surface area contributed by atoms with Gasteiger partial charge >= 0.3 is 5.97 Å². The second kappa shape index (κ2) is 6.82. The van der Waals surface area contributed by atoms with Crippen molar-refractivity contribution in [3.63, 3.8) is 0 Å². The SMILES string of the molecule is C=CCOn1c(=O)c(C(=O)NCC(=O)O)c(O)c2c(F)cccc21. The van der Waals surface area contributed by atoms with Crippen LogP contribution in [0.4, 0.5) is 4.39 Å². The van der Waals surface area contributed by atoms with E-state index in [-0.39, 0.29) is 12.1 Å². The van der Waals surface area contributed by atoms with Crippen LogP contribution in [0.25, 0.3) is 10.9 Å². The van der Waals surface area contributed by atoms with Crippen LogP contribution in [0, 0.1) is 5.82 Å². The summed E-state index contributed by atoms with van der Waals surface area (Å²) in [6.07, 6.45) is 1.33. The number of aromatic hydroxyl groups is 1. The van der Waals surface area contributed by atoms with Gasteiger partial charge in [-0.05, 0) is 12.1 Å². The molecular formula is C15H13FN2O6. The fourth-order valence-corrected chi connectivity index (χ4v) is 2.06. The Labute approximate surface area is 134 Å². The fraction of sp³-hybridized carbons (Fsp3) is 0.133. The van der Waals surface area contributed by atoms with Gasteiger partial charge in [-0.3, -0.25) is 14.4 Å². The highest BCUT2D eigenvalue weighted by Gasteiger charge is 2.25. The summed E-state index contributed by atoms with van der Waals surface area (Å²) in [4.78, 5) is 40.1. The highest BCUT2D eigenvalue weighted by Crippen LogP contribution is 2.28. The number of carboxylic acids is 1. The Bertz CT molecular complexity index is 890. The van der Waals surface area contributed by atoms with Crippen LogP contribution in [0.3, 0.4) is 0 Å². The Balaban J connectivity index is 2.73. The van der Waals surface area contributed by atoms with Crippen molar-refractivity contribution in [2.24, 2.45) is 0 Å². The standard InChI is InChI=1S/C15H13FN2O6/c1-2-6-24-18-9-5-3-4-8(16)11(9)13(21)12(15(18)23)14(22)17-7-10(19)20/h2-5,21H,1,6-7H2,(H,17,22)(H,19,20). The minimum atomic E-state index is -1.35. The first kappa shape index (κ1) is 17.0. The smallest absolute Gasteiger partial charge is 0.322 e. The second-order valence-electron chi connectivity index (χ2n) is 4.62. The molecule has 2 aromatic rings. The van der Waals surface area contributed by atoms with Crippen molar-refractivity contribution >= 4 is 22.8 Å². The number of carboxylic acid groups (broad SMARTS) is 1. The van der Waals surface area contributed by atoms with E-state index in [1.54, 1.807) is 0 Å². The van der Waals surface area contributed by atoms with Gasteiger partial charge in [-0.15, -0.1) is 4.73 Å². The van der Waals surface area contributed by atoms with Gasteiger partial charge in [0.2, 0.25) is 0 Å². The number of halogens is 1. The van der Waals surface area contributed by atoms with Crippen molar-refractivity contribution < 1.29 is 29.0 Å². The summed E-state index contributed by atoms with van der Waals surface area (Å²) >= 11 is 0. The van der Waals surface area contributed by atoms with Crippen molar-refractivity contribution in [1.82, 2.24) is 10.0 Å². The van der Waals surface area contributed by atoms with Gasteiger partial charge in [0.15, 0.2) is 5.56 Å². The Morgan fingerprint density at radius 1 is 1.42 bits per heavy atom. The molecule has 1 amide bonds. The number of hydrogen-bond acceptors (Lipinski definition) is 5. The van der Waals surface area contributed by atoms with Crippen LogP contribution in [-0.4, -0.2) is 40.0 Å². The van der Waals surface area contributed by atoms with Gasteiger partial charge in [-0.25, -0.2) is 4.39 Å². The summed E-state index contributed by atoms with van der Waals surface area (Å²) in [7, 11) is 0. The van der Waals surface area contributed by atoms with Crippen LogP contribution in [0.1, 0.15) is 10.4 Å². The quantitative estimate of drug-likeness (QED) is 0.652. The second-order valence-corrected chi connectivity index (χ2v) is 4.62. The Hall–Kier alpha value is -3.36. The third-order valence-electron chi connectivity index (χ3n) is 3.03. The predicted molar refractivity (Wildman–Crippen MR) is 81.4 cm³/mol. The van der Waals surface area contributed by atoms with Crippen LogP contribution in [-0.2, 0) is 4.79 Å². The molecule has 24 heavy (non-hydrogen) atoms. The summed E-state index contributed by atoms with van der Waals surface area (Å²) in [6, 6.07) is 3.65. The highest BCUT2D eigenvalue weighted by molar-refractivity contribution is 6.03. The lowest BCUT2D eigenvalue weighted by Gasteiger charge is -2.14. The molecular weight excluding hydrogens is 323 g/mol. The van der Waals surface area contributed by atoms with Gasteiger partial charge in [0.1, 0.15) is 24.7 Å². The van der Waals surface area contributed by atoms with Crippen LogP contribution < -0.4 is 15.7 Å². The zero-order valence-electron chi connectivity index (χ0n) is 12.3. The zero-order valence-corrected chi connectivity index (χ0v) is 12.3. The van der Waals surface area contributed by atoms with Crippen molar-refractivity contribution in [2.45, 2.75) is 0 Å². The van der Waals surface area contributed by atoms with Gasteiger partial charge < -0.3 is 20.4 Å². The number of carbonyl (C=O) groups is 2. The topological polar surface area (TPSA) is 118 Å². The molecule has 0 bridgehead atoms. The number of benzene rings is 1. The molecule has 2 rings (SSSR count). The molecule has 0 aliphatic rings. The normalized spacial score (nSPS) is 10.4. The van der Waals surface area contributed by atoms with E-state index in [1.807, 2.05) is 5.32 Å². The molecule has 0 aliphatic carbocycles. The fourth-order valence-electron chi connectivity index (χ4n) is 2.06. The first-order valence-corrected chi connectivity index (χ1v) is 6.68. The first-order chi connectivity index (χ1) is 11.4. The summed E-state index contributed by atoms with van der Waals surface area (Å²) in [5.41, 5.74) is -1.97. The minimum Gasteiger partial charge on any atom is -0.506 e. The summed E-state index contributed by atoms with van der Waals surface area (Å²) < 4.78 is 14.7. The summed E-state index contributed by atoms with van der Waals surface area (Å²) in [5, 5.41) is 20.3. The van der Waals surface area contributed by atoms with Gasteiger partial charge in [0.05, 0.1) is 10.9 Å². The van der Waals surface area contributed by atoms with Crippen molar-refractivity contribution in [1.29, 1.82) is 0 Å². The number of nitrogens with one attached hydrogen (secondary N) is 1. The minimum absolute atomic E-state index is 0.0888. The van der Waals surface area contributed by atoms with E-state index >= 15 is 0 Å². The number of fused-ring (bicyclic) bond motifs is 1. The van der Waals surface area contributed by atoms with E-state index < -0.39 is 46.5 Å². The molecule has 1 aromatic carbocycles. The molecule has 8 nitrogen and oxygen atoms in total. The lowest BCUT2D eigenvalue weighted by molar-refractivity contribution is -0.135. The van der Waals surface area contributed by atoms with Crippen LogP contribution >= 0.6 is 0 Å². The molecule has 0 atom stereocenters. The average molecular weight is 336 g/mol. The molecule has 1 aromatic heterocycles. The highest BCUT2D eigenvalue weighted by atomic mass is 19.1. The number of rotatable bonds is 6. The molecule has 0 aliphatic heterocycles. The maximum absolute atomic E-state index is 14.1. The van der Waals surface area contributed by atoms with Crippen LogP contribution in [0.5, 0.6) is 5.75 Å². The maximum atomic E-state index is 14.1. The Kier molecular flexibility index (Phi) is 4.83. The molecule has 126 valence electrons. The predicted octanol–water partition coefficient (Wildman–Crippen LogP) is 0.275. The molecule has 0 saturated carbocycles. The van der Waals surface area contributed by atoms with E-state index in [1.165, 1.54) is 18.2 Å². The molecule has 0 unspecified atom stereocenters. The van der Waals surface area contributed by atoms with E-state index in [2.05, 4.69) is 6.58 Å². The molecule has 0 spiro atoms. The molecule has 1 heterocycles. The number of aliphatic carboxylic acids is 1. The monoisotopic (exact) mass is 336 g/mol. The molecule has 0 radical (unpaired) electrons. The maximum Gasteiger partial charge on any atom is 0.322 e. The van der Waals surface area contributed by atoms with Crippen molar-refractivity contribution in [3.05, 3.63) is 52.6 Å². The lowest BCUT2D eigenvalue weighted by Crippen LogP contribution is -2.37. The Morgan fingerprint density at radius 2 is 2.12 bits per heavy atom. The number of carbonyl (C=O) groups excluding carboxylic acids is 1. The zero-order chi connectivity index (χ0) is 17.9. The average Bonchev–Trinajstić information content (AvgIpc) is 2.52. The number of pyridine rings is 1. The largest absolute Gasteiger partial charge is 0.506 e. The number of hydrogen-bond donors (Lipinski definition) is 3. The molecule has 0 saturated heterocycles. The van der Waals surface area contributed by atoms with Crippen LogP contribution in [0.15, 0.2) is 35.6 Å². The molecule has 9 heteroatoms. The first-order valence-electron chi connectivity index (χ1n) is 6.68. The number of amides is 1. The number of aromatic nitrogens is 1. The Morgan fingerprint density at radius 3 is 2.75 bits per heavy atom. The van der Waals surface area contributed by atoms with Gasteiger partial charge in [0, 0.05) is 0 Å². The van der Waals surface area contributed by atoms with E-state index in [0.29, 0.717) is 4.73 Å². The third-order valence-corrected chi connectivity index (χ3v) is 3.03. The van der Waals surface area contributed by atoms with E-state index in [4.69, 9.17) is 9.94 Å². The summed E-state index contributed by atoms with van der Waals surface area (Å²) in [6.45, 7) is 2.52. The van der Waals surface area contributed by atoms with Crippen molar-refractivity contribution in [2.75, 3.05) is 13.2 Å². The summed E-state index contributed by atoms with van der Waals surface area (Å²) in [5.74, 6) is -4.29. The lowest BCUT2D eigenvalue weighted by atomic mass is 10.1.